The van der Waals surface area contributed by atoms with E-state index in [9.17, 15) is 0 Å². The van der Waals surface area contributed by atoms with E-state index >= 15 is 0 Å². The van der Waals surface area contributed by atoms with Crippen LogP contribution in [-0.4, -0.2) is 29.3 Å². The van der Waals surface area contributed by atoms with Crippen LogP contribution in [0.4, 0.5) is 6.01 Å². The summed E-state index contributed by atoms with van der Waals surface area (Å²) in [6, 6.07) is 1.19. The SMILES string of the molecule is CCCCN(c1nnc(C(C)NCC)o1)C(C)CC. The molecular weight excluding hydrogens is 240 g/mol. The maximum atomic E-state index is 5.82. The number of rotatable bonds is 9. The molecule has 0 aromatic carbocycles. The number of unbranched alkanes of at least 4 members (excludes halogenated alkanes) is 1. The van der Waals surface area contributed by atoms with Crippen LogP contribution in [0.25, 0.3) is 0 Å². The van der Waals surface area contributed by atoms with Crippen molar-refractivity contribution in [3.05, 3.63) is 5.89 Å². The molecule has 2 atom stereocenters. The minimum Gasteiger partial charge on any atom is -0.406 e. The second-order valence-electron chi connectivity index (χ2n) is 5.01. The van der Waals surface area contributed by atoms with E-state index in [1.54, 1.807) is 0 Å². The van der Waals surface area contributed by atoms with Crippen molar-refractivity contribution in [1.29, 1.82) is 0 Å². The van der Waals surface area contributed by atoms with Gasteiger partial charge in [-0.25, -0.2) is 0 Å². The van der Waals surface area contributed by atoms with Gasteiger partial charge in [0.2, 0.25) is 5.89 Å². The summed E-state index contributed by atoms with van der Waals surface area (Å²) < 4.78 is 5.82. The molecule has 0 radical (unpaired) electrons. The van der Waals surface area contributed by atoms with Gasteiger partial charge in [-0.1, -0.05) is 32.3 Å². The summed E-state index contributed by atoms with van der Waals surface area (Å²) >= 11 is 0. The number of hydrogen-bond donors (Lipinski definition) is 1. The van der Waals surface area contributed by atoms with Crippen molar-refractivity contribution in [2.45, 2.75) is 66.0 Å². The van der Waals surface area contributed by atoms with Gasteiger partial charge in [0.05, 0.1) is 6.04 Å². The molecule has 1 N–H and O–H groups in total. The molecule has 0 aliphatic carbocycles. The van der Waals surface area contributed by atoms with E-state index in [2.05, 4.69) is 48.1 Å². The van der Waals surface area contributed by atoms with Crippen molar-refractivity contribution in [3.63, 3.8) is 0 Å². The van der Waals surface area contributed by atoms with Crippen LogP contribution in [0.5, 0.6) is 0 Å². The molecule has 0 aliphatic heterocycles. The summed E-state index contributed by atoms with van der Waals surface area (Å²) in [6.45, 7) is 12.6. The molecule has 2 unspecified atom stereocenters. The molecular formula is C14H28N4O. The summed E-state index contributed by atoms with van der Waals surface area (Å²) in [6.07, 6.45) is 3.39. The van der Waals surface area contributed by atoms with Gasteiger partial charge in [0.25, 0.3) is 0 Å². The molecule has 0 saturated carbocycles. The van der Waals surface area contributed by atoms with Crippen LogP contribution < -0.4 is 10.2 Å². The van der Waals surface area contributed by atoms with Crippen molar-refractivity contribution < 1.29 is 4.42 Å². The van der Waals surface area contributed by atoms with Crippen molar-refractivity contribution in [3.8, 4) is 0 Å². The first-order valence-electron chi connectivity index (χ1n) is 7.47. The molecule has 1 heterocycles. The fourth-order valence-corrected chi connectivity index (χ4v) is 1.96. The lowest BCUT2D eigenvalue weighted by Gasteiger charge is -2.26. The van der Waals surface area contributed by atoms with E-state index in [4.69, 9.17) is 4.42 Å². The zero-order valence-corrected chi connectivity index (χ0v) is 12.9. The van der Waals surface area contributed by atoms with Crippen LogP contribution in [-0.2, 0) is 0 Å². The molecule has 1 aromatic rings. The first-order chi connectivity index (χ1) is 9.13. The molecule has 1 aromatic heterocycles. The minimum atomic E-state index is 0.108. The molecule has 5 heteroatoms. The van der Waals surface area contributed by atoms with Crippen LogP contribution in [0.3, 0.4) is 0 Å². The van der Waals surface area contributed by atoms with E-state index in [1.807, 2.05) is 6.92 Å². The standard InChI is InChI=1S/C14H28N4O/c1-6-9-10-18(11(4)7-2)14-17-16-13(19-14)12(5)15-8-3/h11-12,15H,6-10H2,1-5H3. The maximum Gasteiger partial charge on any atom is 0.318 e. The van der Waals surface area contributed by atoms with Crippen molar-refractivity contribution >= 4 is 6.01 Å². The van der Waals surface area contributed by atoms with Gasteiger partial charge in [0, 0.05) is 12.6 Å². The Morgan fingerprint density at radius 1 is 1.21 bits per heavy atom. The minimum absolute atomic E-state index is 0.108. The van der Waals surface area contributed by atoms with Gasteiger partial charge < -0.3 is 14.6 Å². The van der Waals surface area contributed by atoms with Crippen LogP contribution in [0.2, 0.25) is 0 Å². The Labute approximate surface area is 116 Å². The molecule has 0 aliphatic rings. The average Bonchev–Trinajstić information content (AvgIpc) is 2.88. The van der Waals surface area contributed by atoms with E-state index < -0.39 is 0 Å². The predicted octanol–water partition coefficient (Wildman–Crippen LogP) is 3.15. The first-order valence-corrected chi connectivity index (χ1v) is 7.47. The van der Waals surface area contributed by atoms with Gasteiger partial charge in [-0.3, -0.25) is 0 Å². The molecule has 1 rings (SSSR count). The Balaban J connectivity index is 2.78. The first kappa shape index (κ1) is 16.0. The quantitative estimate of drug-likeness (QED) is 0.745. The molecule has 0 amide bonds. The molecule has 0 saturated heterocycles. The average molecular weight is 268 g/mol. The van der Waals surface area contributed by atoms with Crippen LogP contribution in [0, 0.1) is 0 Å². The van der Waals surface area contributed by atoms with Crippen molar-refractivity contribution in [2.75, 3.05) is 18.0 Å². The molecule has 0 bridgehead atoms. The lowest BCUT2D eigenvalue weighted by atomic mass is 10.2. The second kappa shape index (κ2) is 8.15. The molecule has 19 heavy (non-hydrogen) atoms. The largest absolute Gasteiger partial charge is 0.406 e. The molecule has 0 spiro atoms. The number of aromatic nitrogens is 2. The summed E-state index contributed by atoms with van der Waals surface area (Å²) in [5, 5.41) is 11.7. The Morgan fingerprint density at radius 3 is 2.53 bits per heavy atom. The molecule has 5 nitrogen and oxygen atoms in total. The Hall–Kier alpha value is -1.10. The summed E-state index contributed by atoms with van der Waals surface area (Å²) in [5.41, 5.74) is 0. The number of nitrogens with zero attached hydrogens (tertiary/aromatic N) is 3. The Bertz CT molecular complexity index is 353. The Morgan fingerprint density at radius 2 is 1.95 bits per heavy atom. The zero-order chi connectivity index (χ0) is 14.3. The third kappa shape index (κ3) is 4.49. The van der Waals surface area contributed by atoms with Gasteiger partial charge in [-0.05, 0) is 33.2 Å². The smallest absolute Gasteiger partial charge is 0.318 e. The van der Waals surface area contributed by atoms with Gasteiger partial charge >= 0.3 is 6.01 Å². The summed E-state index contributed by atoms with van der Waals surface area (Å²) in [7, 11) is 0. The third-order valence-corrected chi connectivity index (χ3v) is 3.43. The number of hydrogen-bond acceptors (Lipinski definition) is 5. The van der Waals surface area contributed by atoms with Crippen LogP contribution >= 0.6 is 0 Å². The van der Waals surface area contributed by atoms with Gasteiger partial charge in [0.15, 0.2) is 0 Å². The topological polar surface area (TPSA) is 54.2 Å². The monoisotopic (exact) mass is 268 g/mol. The normalized spacial score (nSPS) is 14.4. The molecule has 110 valence electrons. The van der Waals surface area contributed by atoms with E-state index in [-0.39, 0.29) is 6.04 Å². The van der Waals surface area contributed by atoms with Crippen molar-refractivity contribution in [2.24, 2.45) is 0 Å². The highest BCUT2D eigenvalue weighted by molar-refractivity contribution is 5.26. The fourth-order valence-electron chi connectivity index (χ4n) is 1.96. The highest BCUT2D eigenvalue weighted by Gasteiger charge is 2.20. The number of nitrogens with one attached hydrogen (secondary N) is 1. The summed E-state index contributed by atoms with van der Waals surface area (Å²) in [5.74, 6) is 0.668. The van der Waals surface area contributed by atoms with Crippen molar-refractivity contribution in [1.82, 2.24) is 15.5 Å². The fraction of sp³-hybridized carbons (Fsp3) is 0.857. The van der Waals surface area contributed by atoms with Gasteiger partial charge in [-0.15, -0.1) is 5.10 Å². The van der Waals surface area contributed by atoms with Gasteiger partial charge in [0.1, 0.15) is 0 Å². The van der Waals surface area contributed by atoms with E-state index in [0.717, 1.165) is 25.9 Å². The second-order valence-corrected chi connectivity index (χ2v) is 5.01. The van der Waals surface area contributed by atoms with Gasteiger partial charge in [-0.2, -0.15) is 0 Å². The van der Waals surface area contributed by atoms with Crippen LogP contribution in [0.1, 0.15) is 65.8 Å². The number of anilines is 1. The maximum absolute atomic E-state index is 5.82. The highest BCUT2D eigenvalue weighted by atomic mass is 16.4. The lowest BCUT2D eigenvalue weighted by molar-refractivity contribution is 0.409. The van der Waals surface area contributed by atoms with E-state index in [0.29, 0.717) is 17.9 Å². The zero-order valence-electron chi connectivity index (χ0n) is 12.9. The predicted molar refractivity (Wildman–Crippen MR) is 78.4 cm³/mol. The lowest BCUT2D eigenvalue weighted by Crippen LogP contribution is -2.33. The van der Waals surface area contributed by atoms with E-state index in [1.165, 1.54) is 6.42 Å². The molecule has 0 fully saturated rings. The van der Waals surface area contributed by atoms with Crippen LogP contribution in [0.15, 0.2) is 4.42 Å². The Kier molecular flexibility index (Phi) is 6.84. The summed E-state index contributed by atoms with van der Waals surface area (Å²) in [4.78, 5) is 2.22. The highest BCUT2D eigenvalue weighted by Crippen LogP contribution is 2.20. The third-order valence-electron chi connectivity index (χ3n) is 3.43.